The van der Waals surface area contributed by atoms with Gasteiger partial charge in [0.05, 0.1) is 11.8 Å². The fraction of sp³-hybridized carbons (Fsp3) is 0.308. The highest BCUT2D eigenvalue weighted by Crippen LogP contribution is 2.28. The first kappa shape index (κ1) is 14.0. The second kappa shape index (κ2) is 5.27. The Kier molecular flexibility index (Phi) is 3.87. The van der Waals surface area contributed by atoms with E-state index in [1.807, 2.05) is 0 Å². The van der Waals surface area contributed by atoms with Crippen LogP contribution in [0.2, 0.25) is 5.15 Å². The fourth-order valence-corrected chi connectivity index (χ4v) is 2.38. The van der Waals surface area contributed by atoms with Gasteiger partial charge in [-0.1, -0.05) is 11.6 Å². The molecular weight excluding hydrogens is 274 g/mol. The van der Waals surface area contributed by atoms with Crippen LogP contribution in [0.15, 0.2) is 18.2 Å². The Morgan fingerprint density at radius 2 is 1.89 bits per heavy atom. The van der Waals surface area contributed by atoms with Gasteiger partial charge in [0.2, 0.25) is 0 Å². The van der Waals surface area contributed by atoms with E-state index in [0.717, 1.165) is 6.07 Å². The quantitative estimate of drug-likeness (QED) is 0.942. The monoisotopic (exact) mass is 286 g/mol. The van der Waals surface area contributed by atoms with Crippen LogP contribution in [-0.2, 0) is 13.5 Å². The van der Waals surface area contributed by atoms with Crippen molar-refractivity contribution in [3.63, 3.8) is 0 Å². The van der Waals surface area contributed by atoms with Gasteiger partial charge in [0, 0.05) is 25.1 Å². The summed E-state index contributed by atoms with van der Waals surface area (Å²) in [4.78, 5) is 0. The van der Waals surface area contributed by atoms with Crippen molar-refractivity contribution < 1.29 is 13.9 Å². The van der Waals surface area contributed by atoms with Crippen LogP contribution in [0.5, 0.6) is 0 Å². The number of hydrogen-bond donors (Lipinski definition) is 1. The van der Waals surface area contributed by atoms with Gasteiger partial charge in [-0.2, -0.15) is 5.10 Å². The number of aliphatic hydroxyl groups is 1. The van der Waals surface area contributed by atoms with Crippen LogP contribution < -0.4 is 0 Å². The molecule has 2 rings (SSSR count). The summed E-state index contributed by atoms with van der Waals surface area (Å²) in [6.07, 6.45) is -0.886. The average molecular weight is 287 g/mol. The van der Waals surface area contributed by atoms with Gasteiger partial charge in [-0.15, -0.1) is 0 Å². The van der Waals surface area contributed by atoms with Crippen molar-refractivity contribution in [3.05, 3.63) is 51.8 Å². The van der Waals surface area contributed by atoms with Gasteiger partial charge in [-0.05, 0) is 24.6 Å². The second-order valence-corrected chi connectivity index (χ2v) is 4.77. The molecule has 0 saturated heterocycles. The molecule has 0 aliphatic carbocycles. The van der Waals surface area contributed by atoms with Crippen molar-refractivity contribution in [2.75, 3.05) is 0 Å². The minimum Gasteiger partial charge on any atom is -0.388 e. The highest BCUT2D eigenvalue weighted by molar-refractivity contribution is 6.30. The minimum atomic E-state index is -0.956. The normalized spacial score (nSPS) is 12.7. The smallest absolute Gasteiger partial charge is 0.132 e. The number of aromatic nitrogens is 2. The molecule has 0 aliphatic heterocycles. The molecule has 1 aromatic carbocycles. The molecule has 1 unspecified atom stereocenters. The third-order valence-electron chi connectivity index (χ3n) is 2.88. The Hall–Kier alpha value is -1.46. The van der Waals surface area contributed by atoms with E-state index < -0.39 is 17.7 Å². The van der Waals surface area contributed by atoms with Crippen LogP contribution in [0.3, 0.4) is 0 Å². The Balaban J connectivity index is 2.27. The lowest BCUT2D eigenvalue weighted by molar-refractivity contribution is 0.177. The van der Waals surface area contributed by atoms with E-state index in [9.17, 15) is 13.9 Å². The van der Waals surface area contributed by atoms with Crippen molar-refractivity contribution in [1.82, 2.24) is 9.78 Å². The molecule has 102 valence electrons. The van der Waals surface area contributed by atoms with Crippen molar-refractivity contribution in [1.29, 1.82) is 0 Å². The summed E-state index contributed by atoms with van der Waals surface area (Å²) in [6, 6.07) is 3.16. The number of hydrogen-bond acceptors (Lipinski definition) is 2. The first-order valence-electron chi connectivity index (χ1n) is 5.70. The molecule has 0 fully saturated rings. The zero-order valence-corrected chi connectivity index (χ0v) is 11.2. The number of aryl methyl sites for hydroxylation is 2. The van der Waals surface area contributed by atoms with Gasteiger partial charge in [-0.3, -0.25) is 4.68 Å². The van der Waals surface area contributed by atoms with Gasteiger partial charge < -0.3 is 5.11 Å². The lowest BCUT2D eigenvalue weighted by Crippen LogP contribution is -2.04. The van der Waals surface area contributed by atoms with Crippen molar-refractivity contribution in [2.45, 2.75) is 19.4 Å². The molecule has 0 saturated carbocycles. The number of aliphatic hydroxyl groups excluding tert-OH is 1. The summed E-state index contributed by atoms with van der Waals surface area (Å²) in [5, 5.41) is 14.6. The summed E-state index contributed by atoms with van der Waals surface area (Å²) in [5.74, 6) is -1.34. The maximum Gasteiger partial charge on any atom is 0.132 e. The molecule has 0 radical (unpaired) electrons. The maximum absolute atomic E-state index is 13.1. The summed E-state index contributed by atoms with van der Waals surface area (Å²) in [6.45, 7) is 1.72. The van der Waals surface area contributed by atoms with Crippen LogP contribution in [0.1, 0.15) is 22.9 Å². The summed E-state index contributed by atoms with van der Waals surface area (Å²) < 4.78 is 27.6. The molecule has 0 amide bonds. The summed E-state index contributed by atoms with van der Waals surface area (Å²) in [5.41, 5.74) is 1.44. The molecule has 1 heterocycles. The molecule has 3 nitrogen and oxygen atoms in total. The first-order chi connectivity index (χ1) is 8.88. The van der Waals surface area contributed by atoms with E-state index in [0.29, 0.717) is 22.0 Å². The lowest BCUT2D eigenvalue weighted by Gasteiger charge is -2.11. The number of halogens is 3. The fourth-order valence-electron chi connectivity index (χ4n) is 2.08. The van der Waals surface area contributed by atoms with E-state index in [2.05, 4.69) is 5.10 Å². The van der Waals surface area contributed by atoms with E-state index in [1.165, 1.54) is 16.8 Å². The highest BCUT2D eigenvalue weighted by atomic mass is 35.5. The SMILES string of the molecule is Cc1nn(C)c(Cl)c1C(O)Cc1cc(F)cc(F)c1. The van der Waals surface area contributed by atoms with Gasteiger partial charge in [0.15, 0.2) is 0 Å². The van der Waals surface area contributed by atoms with Crippen LogP contribution in [0, 0.1) is 18.6 Å². The van der Waals surface area contributed by atoms with Gasteiger partial charge in [0.1, 0.15) is 16.8 Å². The molecular formula is C13H13ClF2N2O. The molecule has 2 aromatic rings. The van der Waals surface area contributed by atoms with Gasteiger partial charge >= 0.3 is 0 Å². The highest BCUT2D eigenvalue weighted by Gasteiger charge is 2.20. The Morgan fingerprint density at radius 1 is 1.32 bits per heavy atom. The zero-order valence-electron chi connectivity index (χ0n) is 10.5. The number of nitrogens with zero attached hydrogens (tertiary/aromatic N) is 2. The van der Waals surface area contributed by atoms with Gasteiger partial charge in [-0.25, -0.2) is 8.78 Å². The molecule has 6 heteroatoms. The Labute approximate surface area is 114 Å². The summed E-state index contributed by atoms with van der Waals surface area (Å²) in [7, 11) is 1.66. The van der Waals surface area contributed by atoms with Crippen molar-refractivity contribution in [2.24, 2.45) is 7.05 Å². The van der Waals surface area contributed by atoms with E-state index in [1.54, 1.807) is 14.0 Å². The molecule has 1 N–H and O–H groups in total. The van der Waals surface area contributed by atoms with Crippen LogP contribution in [0.4, 0.5) is 8.78 Å². The number of benzene rings is 1. The third-order valence-corrected chi connectivity index (χ3v) is 3.33. The number of rotatable bonds is 3. The van der Waals surface area contributed by atoms with Gasteiger partial charge in [0.25, 0.3) is 0 Å². The third kappa shape index (κ3) is 2.93. The van der Waals surface area contributed by atoms with E-state index >= 15 is 0 Å². The van der Waals surface area contributed by atoms with E-state index in [4.69, 9.17) is 11.6 Å². The predicted octanol–water partition coefficient (Wildman–Crippen LogP) is 2.94. The summed E-state index contributed by atoms with van der Waals surface area (Å²) >= 11 is 6.03. The Bertz CT molecular complexity index is 593. The zero-order chi connectivity index (χ0) is 14.2. The standard InChI is InChI=1S/C13H13ClF2N2O/c1-7-12(13(14)18(2)17-7)11(19)5-8-3-9(15)6-10(16)4-8/h3-4,6,11,19H,5H2,1-2H3. The van der Waals surface area contributed by atoms with E-state index in [-0.39, 0.29) is 6.42 Å². The molecule has 0 aliphatic rings. The molecule has 1 aromatic heterocycles. The topological polar surface area (TPSA) is 38.0 Å². The van der Waals surface area contributed by atoms with Crippen LogP contribution >= 0.6 is 11.6 Å². The second-order valence-electron chi connectivity index (χ2n) is 4.41. The van der Waals surface area contributed by atoms with Crippen LogP contribution in [0.25, 0.3) is 0 Å². The lowest BCUT2D eigenvalue weighted by atomic mass is 10.0. The molecule has 19 heavy (non-hydrogen) atoms. The Morgan fingerprint density at radius 3 is 2.37 bits per heavy atom. The largest absolute Gasteiger partial charge is 0.388 e. The average Bonchev–Trinajstić information content (AvgIpc) is 2.51. The minimum absolute atomic E-state index is 0.0704. The van der Waals surface area contributed by atoms with Crippen LogP contribution in [-0.4, -0.2) is 14.9 Å². The predicted molar refractivity (Wildman–Crippen MR) is 68.0 cm³/mol. The molecule has 1 atom stereocenters. The molecule has 0 bridgehead atoms. The first-order valence-corrected chi connectivity index (χ1v) is 6.08. The maximum atomic E-state index is 13.1. The molecule has 0 spiro atoms. The van der Waals surface area contributed by atoms with Crippen molar-refractivity contribution in [3.8, 4) is 0 Å². The van der Waals surface area contributed by atoms with Crippen molar-refractivity contribution >= 4 is 11.6 Å².